The van der Waals surface area contributed by atoms with Crippen LogP contribution >= 0.6 is 0 Å². The highest BCUT2D eigenvalue weighted by Crippen LogP contribution is 2.46. The van der Waals surface area contributed by atoms with Crippen LogP contribution in [0.1, 0.15) is 27.6 Å². The summed E-state index contributed by atoms with van der Waals surface area (Å²) in [6, 6.07) is 6.57. The van der Waals surface area contributed by atoms with Gasteiger partial charge in [0.1, 0.15) is 23.4 Å². The first-order valence-electron chi connectivity index (χ1n) is 9.86. The summed E-state index contributed by atoms with van der Waals surface area (Å²) >= 11 is 0. The lowest BCUT2D eigenvalue weighted by Gasteiger charge is -2.34. The summed E-state index contributed by atoms with van der Waals surface area (Å²) in [7, 11) is 1.22. The molecular formula is C23H20O11. The van der Waals surface area contributed by atoms with E-state index >= 15 is 0 Å². The molecule has 0 saturated heterocycles. The number of rotatable bonds is 4. The number of carbonyl (C=O) groups excluding carboxylic acids is 1. The Labute approximate surface area is 191 Å². The molecule has 0 radical (unpaired) electrons. The molecule has 0 spiro atoms. The van der Waals surface area contributed by atoms with Crippen LogP contribution < -0.4 is 9.47 Å². The average molecular weight is 472 g/mol. The number of ether oxygens (including phenoxy) is 3. The van der Waals surface area contributed by atoms with Crippen LogP contribution in [-0.4, -0.2) is 54.9 Å². The second-order valence-electron chi connectivity index (χ2n) is 7.58. The third-order valence-corrected chi connectivity index (χ3v) is 5.34. The molecule has 2 atom stereocenters. The lowest BCUT2D eigenvalue weighted by molar-refractivity contribution is -0.0189. The van der Waals surface area contributed by atoms with Crippen LogP contribution in [0.3, 0.4) is 0 Å². The first kappa shape index (κ1) is 22.5. The fourth-order valence-electron chi connectivity index (χ4n) is 3.75. The molecule has 0 saturated carbocycles. The van der Waals surface area contributed by atoms with Crippen molar-refractivity contribution in [2.24, 2.45) is 0 Å². The average Bonchev–Trinajstić information content (AvgIpc) is 2.76. The highest BCUT2D eigenvalue weighted by atomic mass is 16.6. The van der Waals surface area contributed by atoms with Crippen LogP contribution in [-0.2, 0) is 11.2 Å². The topological polar surface area (TPSA) is 186 Å². The van der Waals surface area contributed by atoms with Crippen molar-refractivity contribution in [1.29, 1.82) is 0 Å². The van der Waals surface area contributed by atoms with Gasteiger partial charge in [0.2, 0.25) is 5.75 Å². The number of phenols is 7. The second kappa shape index (κ2) is 8.35. The van der Waals surface area contributed by atoms with E-state index in [0.717, 1.165) is 30.3 Å². The van der Waals surface area contributed by atoms with Crippen molar-refractivity contribution in [2.75, 3.05) is 7.11 Å². The molecule has 4 rings (SSSR count). The molecule has 11 heteroatoms. The van der Waals surface area contributed by atoms with Crippen molar-refractivity contribution < 1.29 is 54.8 Å². The number of hydrogen-bond acceptors (Lipinski definition) is 11. The van der Waals surface area contributed by atoms with E-state index in [1.54, 1.807) is 0 Å². The molecule has 7 N–H and O–H groups in total. The van der Waals surface area contributed by atoms with E-state index in [9.17, 15) is 40.5 Å². The van der Waals surface area contributed by atoms with Gasteiger partial charge in [-0.1, -0.05) is 0 Å². The summed E-state index contributed by atoms with van der Waals surface area (Å²) in [5, 5.41) is 69.5. The van der Waals surface area contributed by atoms with E-state index in [4.69, 9.17) is 14.2 Å². The maximum atomic E-state index is 12.9. The van der Waals surface area contributed by atoms with Gasteiger partial charge in [0.15, 0.2) is 34.9 Å². The molecule has 1 aliphatic rings. The summed E-state index contributed by atoms with van der Waals surface area (Å²) in [5.74, 6) is -4.80. The van der Waals surface area contributed by atoms with Crippen molar-refractivity contribution in [3.05, 3.63) is 53.1 Å². The summed E-state index contributed by atoms with van der Waals surface area (Å²) < 4.78 is 16.2. The molecule has 0 bridgehead atoms. The monoisotopic (exact) mass is 472 g/mol. The van der Waals surface area contributed by atoms with Gasteiger partial charge in [0, 0.05) is 29.7 Å². The normalized spacial score (nSPS) is 16.9. The fraction of sp³-hybridized carbons (Fsp3) is 0.174. The van der Waals surface area contributed by atoms with Crippen molar-refractivity contribution in [2.45, 2.75) is 18.6 Å². The van der Waals surface area contributed by atoms with Crippen molar-refractivity contribution >= 4 is 5.97 Å². The molecule has 34 heavy (non-hydrogen) atoms. The molecule has 1 aliphatic heterocycles. The Bertz CT molecular complexity index is 1240. The predicted molar refractivity (Wildman–Crippen MR) is 114 cm³/mol. The van der Waals surface area contributed by atoms with Gasteiger partial charge in [-0.15, -0.1) is 0 Å². The number of hydrogen-bond donors (Lipinski definition) is 7. The van der Waals surface area contributed by atoms with Gasteiger partial charge in [-0.3, -0.25) is 0 Å². The smallest absolute Gasteiger partial charge is 0.338 e. The molecule has 178 valence electrons. The van der Waals surface area contributed by atoms with Gasteiger partial charge < -0.3 is 50.0 Å². The minimum atomic E-state index is -1.16. The maximum absolute atomic E-state index is 12.9. The molecule has 3 aromatic rings. The summed E-state index contributed by atoms with van der Waals surface area (Å²) in [5.41, 5.74) is 0.116. The Kier molecular flexibility index (Phi) is 5.53. The molecule has 0 fully saturated rings. The minimum absolute atomic E-state index is 0.0709. The minimum Gasteiger partial charge on any atom is -0.508 e. The Hall–Kier alpha value is -4.67. The third kappa shape index (κ3) is 3.94. The number of fused-ring (bicyclic) bond motifs is 1. The van der Waals surface area contributed by atoms with Crippen LogP contribution in [0.25, 0.3) is 0 Å². The van der Waals surface area contributed by atoms with Gasteiger partial charge in [-0.05, 0) is 24.3 Å². The number of methoxy groups -OCH3 is 1. The van der Waals surface area contributed by atoms with Crippen LogP contribution in [0.2, 0.25) is 0 Å². The lowest BCUT2D eigenvalue weighted by atomic mass is 9.93. The van der Waals surface area contributed by atoms with Gasteiger partial charge in [0.05, 0.1) is 12.7 Å². The molecule has 11 nitrogen and oxygen atoms in total. The third-order valence-electron chi connectivity index (χ3n) is 5.34. The highest BCUT2D eigenvalue weighted by Gasteiger charge is 2.37. The van der Waals surface area contributed by atoms with E-state index in [0.29, 0.717) is 0 Å². The number of benzene rings is 3. The highest BCUT2D eigenvalue weighted by molar-refractivity contribution is 5.91. The van der Waals surface area contributed by atoms with Crippen LogP contribution in [0.4, 0.5) is 0 Å². The molecular weight excluding hydrogens is 452 g/mol. The Morgan fingerprint density at radius 2 is 1.47 bits per heavy atom. The molecule has 3 aromatic carbocycles. The molecule has 0 unspecified atom stereocenters. The van der Waals surface area contributed by atoms with E-state index in [1.165, 1.54) is 13.2 Å². The summed E-state index contributed by atoms with van der Waals surface area (Å²) in [6.07, 6.45) is -2.41. The molecule has 0 aromatic heterocycles. The molecule has 1 heterocycles. The molecule has 0 amide bonds. The Balaban J connectivity index is 1.74. The lowest BCUT2D eigenvalue weighted by Crippen LogP contribution is -2.34. The van der Waals surface area contributed by atoms with E-state index in [-0.39, 0.29) is 46.1 Å². The zero-order valence-corrected chi connectivity index (χ0v) is 17.6. The van der Waals surface area contributed by atoms with Gasteiger partial charge in [-0.2, -0.15) is 0 Å². The van der Waals surface area contributed by atoms with Crippen LogP contribution in [0.5, 0.6) is 51.7 Å². The first-order valence-corrected chi connectivity index (χ1v) is 9.86. The number of esters is 1. The van der Waals surface area contributed by atoms with E-state index in [2.05, 4.69) is 0 Å². The van der Waals surface area contributed by atoms with Gasteiger partial charge >= 0.3 is 5.97 Å². The number of carbonyl (C=O) groups is 1. The molecule has 0 aliphatic carbocycles. The van der Waals surface area contributed by atoms with E-state index < -0.39 is 46.9 Å². The second-order valence-corrected chi connectivity index (χ2v) is 7.58. The largest absolute Gasteiger partial charge is 0.508 e. The SMILES string of the molecule is COc1c(O)cc(C(=O)O[C@H]2Cc3c(O)cc(O)cc3O[C@H]2c2cc(O)c(O)c(O)c2)cc1O. The quantitative estimate of drug-likeness (QED) is 0.218. The van der Waals surface area contributed by atoms with Crippen molar-refractivity contribution in [3.63, 3.8) is 0 Å². The number of aromatic hydroxyl groups is 7. The summed E-state index contributed by atoms with van der Waals surface area (Å²) in [6.45, 7) is 0. The summed E-state index contributed by atoms with van der Waals surface area (Å²) in [4.78, 5) is 12.9. The standard InChI is InChI=1S/C23H20O11/c1-32-22-16(28)4-10(5-17(22)29)23(31)34-19-8-12-13(25)6-11(24)7-18(12)33-21(19)9-2-14(26)20(30)15(27)3-9/h2-7,19,21,24-30H,8H2,1H3/t19-,21-/m0/s1. The van der Waals surface area contributed by atoms with Crippen molar-refractivity contribution in [1.82, 2.24) is 0 Å². The van der Waals surface area contributed by atoms with Crippen molar-refractivity contribution in [3.8, 4) is 51.7 Å². The van der Waals surface area contributed by atoms with Gasteiger partial charge in [0.25, 0.3) is 0 Å². The fourth-order valence-corrected chi connectivity index (χ4v) is 3.75. The Morgan fingerprint density at radius 3 is 2.06 bits per heavy atom. The first-order chi connectivity index (χ1) is 16.1. The zero-order chi connectivity index (χ0) is 24.7. The van der Waals surface area contributed by atoms with Gasteiger partial charge in [-0.25, -0.2) is 4.79 Å². The van der Waals surface area contributed by atoms with Crippen LogP contribution in [0.15, 0.2) is 36.4 Å². The maximum Gasteiger partial charge on any atom is 0.338 e. The van der Waals surface area contributed by atoms with Crippen LogP contribution in [0, 0.1) is 0 Å². The predicted octanol–water partition coefficient (Wildman–Crippen LogP) is 2.54. The number of phenolic OH excluding ortho intramolecular Hbond substituents is 7. The zero-order valence-electron chi connectivity index (χ0n) is 17.6. The Morgan fingerprint density at radius 1 is 0.853 bits per heavy atom. The van der Waals surface area contributed by atoms with E-state index in [1.807, 2.05) is 0 Å².